The molecule has 0 radical (unpaired) electrons. The lowest BCUT2D eigenvalue weighted by molar-refractivity contribution is 0.112. The summed E-state index contributed by atoms with van der Waals surface area (Å²) in [7, 11) is 1.99. The van der Waals surface area contributed by atoms with E-state index >= 15 is 0 Å². The zero-order chi connectivity index (χ0) is 13.5. The lowest BCUT2D eigenvalue weighted by Crippen LogP contribution is -2.43. The minimum Gasteiger partial charge on any atom is -0.478 e. The third kappa shape index (κ3) is 4.06. The number of likely N-dealkylation sites (N-methyl/N-ethyl adjacent to an activating group) is 1. The lowest BCUT2D eigenvalue weighted by atomic mass is 9.92. The Hall–Kier alpha value is -1.36. The monoisotopic (exact) mass is 265 g/mol. The third-order valence-corrected chi connectivity index (χ3v) is 3.42. The summed E-state index contributed by atoms with van der Waals surface area (Å²) in [5, 5.41) is 3.32. The highest BCUT2D eigenvalue weighted by Crippen LogP contribution is 2.23. The maximum absolute atomic E-state index is 5.99. The number of rotatable bonds is 6. The van der Waals surface area contributed by atoms with E-state index < -0.39 is 0 Å². The molecule has 0 spiro atoms. The summed E-state index contributed by atoms with van der Waals surface area (Å²) in [6, 6.07) is 2.18. The molecule has 1 aromatic rings. The molecule has 2 atom stereocenters. The van der Waals surface area contributed by atoms with Gasteiger partial charge in [-0.25, -0.2) is 9.97 Å². The van der Waals surface area contributed by atoms with Crippen LogP contribution in [-0.2, 0) is 0 Å². The largest absolute Gasteiger partial charge is 0.478 e. The van der Waals surface area contributed by atoms with Gasteiger partial charge in [-0.2, -0.15) is 0 Å². The molecule has 0 saturated heterocycles. The molecule has 0 bridgehead atoms. The van der Waals surface area contributed by atoms with E-state index in [9.17, 15) is 0 Å². The molecule has 19 heavy (non-hydrogen) atoms. The first kappa shape index (κ1) is 14.1. The van der Waals surface area contributed by atoms with Crippen molar-refractivity contribution in [1.29, 1.82) is 0 Å². The van der Waals surface area contributed by atoms with Gasteiger partial charge in [0.15, 0.2) is 0 Å². The first-order chi connectivity index (χ1) is 9.33. The minimum absolute atomic E-state index is 0.188. The molecule has 106 valence electrons. The molecule has 1 fully saturated rings. The zero-order valence-corrected chi connectivity index (χ0v) is 11.8. The van der Waals surface area contributed by atoms with Crippen molar-refractivity contribution in [1.82, 2.24) is 15.3 Å². The van der Waals surface area contributed by atoms with Gasteiger partial charge >= 0.3 is 0 Å². The average Bonchev–Trinajstić information content (AvgIpc) is 2.46. The molecule has 1 heterocycles. The number of ether oxygens (including phenoxy) is 2. The maximum atomic E-state index is 5.99. The number of aromatic nitrogens is 2. The number of hydrogen-bond acceptors (Lipinski definition) is 5. The van der Waals surface area contributed by atoms with Gasteiger partial charge in [0.05, 0.1) is 12.7 Å². The van der Waals surface area contributed by atoms with Crippen molar-refractivity contribution in [3.8, 4) is 11.8 Å². The summed E-state index contributed by atoms with van der Waals surface area (Å²) in [5.74, 6) is 1.19. The molecule has 1 aliphatic carbocycles. The molecule has 0 aromatic carbocycles. The molecule has 0 amide bonds. The van der Waals surface area contributed by atoms with Gasteiger partial charge in [0.25, 0.3) is 0 Å². The Morgan fingerprint density at radius 3 is 2.84 bits per heavy atom. The summed E-state index contributed by atoms with van der Waals surface area (Å²) in [6.45, 7) is 2.73. The fraction of sp³-hybridized carbons (Fsp3) is 0.714. The van der Waals surface area contributed by atoms with Crippen molar-refractivity contribution >= 4 is 0 Å². The number of nitrogens with zero attached hydrogens (tertiary/aromatic N) is 2. The molecular weight excluding hydrogens is 242 g/mol. The van der Waals surface area contributed by atoms with E-state index in [1.165, 1.54) is 19.2 Å². The Labute approximate surface area is 114 Å². The first-order valence-corrected chi connectivity index (χ1v) is 7.12. The van der Waals surface area contributed by atoms with Crippen molar-refractivity contribution in [2.24, 2.45) is 0 Å². The smallest absolute Gasteiger partial charge is 0.220 e. The van der Waals surface area contributed by atoms with Gasteiger partial charge < -0.3 is 14.8 Å². The molecule has 1 N–H and O–H groups in total. The summed E-state index contributed by atoms with van der Waals surface area (Å²) < 4.78 is 11.5. The Morgan fingerprint density at radius 1 is 1.26 bits per heavy atom. The van der Waals surface area contributed by atoms with E-state index in [1.807, 2.05) is 7.05 Å². The zero-order valence-electron chi connectivity index (χ0n) is 11.8. The Morgan fingerprint density at radius 2 is 2.05 bits per heavy atom. The molecule has 2 rings (SSSR count). The van der Waals surface area contributed by atoms with Crippen molar-refractivity contribution in [3.63, 3.8) is 0 Å². The third-order valence-electron chi connectivity index (χ3n) is 3.42. The van der Waals surface area contributed by atoms with Crippen LogP contribution < -0.4 is 14.8 Å². The van der Waals surface area contributed by atoms with Crippen molar-refractivity contribution in [2.45, 2.75) is 51.2 Å². The second-order valence-electron chi connectivity index (χ2n) is 4.88. The van der Waals surface area contributed by atoms with Gasteiger partial charge in [0.1, 0.15) is 12.4 Å². The van der Waals surface area contributed by atoms with E-state index in [4.69, 9.17) is 9.47 Å². The second kappa shape index (κ2) is 7.28. The highest BCUT2D eigenvalue weighted by molar-refractivity contribution is 5.18. The van der Waals surface area contributed by atoms with Crippen LogP contribution in [0.5, 0.6) is 11.8 Å². The van der Waals surface area contributed by atoms with E-state index in [-0.39, 0.29) is 6.10 Å². The number of hydrogen-bond donors (Lipinski definition) is 1. The predicted molar refractivity (Wildman–Crippen MR) is 73.5 cm³/mol. The minimum atomic E-state index is 0.188. The maximum Gasteiger partial charge on any atom is 0.220 e. The van der Waals surface area contributed by atoms with Gasteiger partial charge in [-0.05, 0) is 32.7 Å². The topological polar surface area (TPSA) is 56.3 Å². The van der Waals surface area contributed by atoms with E-state index in [1.54, 1.807) is 6.07 Å². The summed E-state index contributed by atoms with van der Waals surface area (Å²) in [5.41, 5.74) is 0. The van der Waals surface area contributed by atoms with Gasteiger partial charge in [-0.15, -0.1) is 0 Å². The SMILES string of the molecule is CCCOc1cc(OC2CCCCC2NC)ncn1. The average molecular weight is 265 g/mol. The molecule has 1 saturated carbocycles. The van der Waals surface area contributed by atoms with E-state index in [0.29, 0.717) is 24.4 Å². The molecule has 1 aromatic heterocycles. The standard InChI is InChI=1S/C14H23N3O2/c1-3-8-18-13-9-14(17-10-16-13)19-12-7-5-4-6-11(12)15-2/h9-12,15H,3-8H2,1-2H3. The van der Waals surface area contributed by atoms with Gasteiger partial charge in [0, 0.05) is 6.04 Å². The van der Waals surface area contributed by atoms with Crippen LogP contribution in [0.4, 0.5) is 0 Å². The van der Waals surface area contributed by atoms with Crippen LogP contribution in [-0.4, -0.2) is 35.8 Å². The van der Waals surface area contributed by atoms with Crippen molar-refractivity contribution in [3.05, 3.63) is 12.4 Å². The number of nitrogens with one attached hydrogen (secondary N) is 1. The van der Waals surface area contributed by atoms with Crippen LogP contribution in [0.3, 0.4) is 0 Å². The van der Waals surface area contributed by atoms with Crippen LogP contribution in [0.15, 0.2) is 12.4 Å². The fourth-order valence-electron chi connectivity index (χ4n) is 2.40. The highest BCUT2D eigenvalue weighted by atomic mass is 16.5. The van der Waals surface area contributed by atoms with Crippen LogP contribution in [0, 0.1) is 0 Å². The normalized spacial score (nSPS) is 23.1. The van der Waals surface area contributed by atoms with Crippen LogP contribution in [0.1, 0.15) is 39.0 Å². The van der Waals surface area contributed by atoms with Gasteiger partial charge in [-0.1, -0.05) is 13.3 Å². The van der Waals surface area contributed by atoms with Crippen molar-refractivity contribution < 1.29 is 9.47 Å². The Kier molecular flexibility index (Phi) is 5.39. The first-order valence-electron chi connectivity index (χ1n) is 7.12. The van der Waals surface area contributed by atoms with Crippen LogP contribution in [0.2, 0.25) is 0 Å². The van der Waals surface area contributed by atoms with Crippen LogP contribution >= 0.6 is 0 Å². The van der Waals surface area contributed by atoms with Gasteiger partial charge in [-0.3, -0.25) is 0 Å². The van der Waals surface area contributed by atoms with Gasteiger partial charge in [0.2, 0.25) is 11.8 Å². The second-order valence-corrected chi connectivity index (χ2v) is 4.88. The molecular formula is C14H23N3O2. The molecule has 0 aliphatic heterocycles. The highest BCUT2D eigenvalue weighted by Gasteiger charge is 2.25. The molecule has 5 heteroatoms. The lowest BCUT2D eigenvalue weighted by Gasteiger charge is -2.31. The Balaban J connectivity index is 1.97. The predicted octanol–water partition coefficient (Wildman–Crippen LogP) is 2.17. The summed E-state index contributed by atoms with van der Waals surface area (Å²) in [6.07, 6.45) is 7.36. The quantitative estimate of drug-likeness (QED) is 0.854. The molecule has 2 unspecified atom stereocenters. The van der Waals surface area contributed by atoms with E-state index in [2.05, 4.69) is 22.2 Å². The summed E-state index contributed by atoms with van der Waals surface area (Å²) >= 11 is 0. The van der Waals surface area contributed by atoms with E-state index in [0.717, 1.165) is 19.3 Å². The Bertz CT molecular complexity index is 387. The molecule has 1 aliphatic rings. The summed E-state index contributed by atoms with van der Waals surface area (Å²) in [4.78, 5) is 8.25. The fourth-order valence-corrected chi connectivity index (χ4v) is 2.40. The molecule has 5 nitrogen and oxygen atoms in total. The van der Waals surface area contributed by atoms with Crippen LogP contribution in [0.25, 0.3) is 0 Å². The van der Waals surface area contributed by atoms with Crippen molar-refractivity contribution in [2.75, 3.05) is 13.7 Å².